The lowest BCUT2D eigenvalue weighted by Gasteiger charge is -1.89. The summed E-state index contributed by atoms with van der Waals surface area (Å²) in [5, 5.41) is 0. The largest absolute Gasteiger partial charge is 0.140 e. The summed E-state index contributed by atoms with van der Waals surface area (Å²) < 4.78 is 1.39. The van der Waals surface area contributed by atoms with Gasteiger partial charge in [0.15, 0.2) is 0 Å². The van der Waals surface area contributed by atoms with Gasteiger partial charge in [-0.25, -0.2) is 0 Å². The van der Waals surface area contributed by atoms with E-state index in [1.807, 2.05) is 17.4 Å². The van der Waals surface area contributed by atoms with E-state index in [0.717, 1.165) is 0 Å². The topological polar surface area (TPSA) is 0 Å². The van der Waals surface area contributed by atoms with Crippen molar-refractivity contribution in [3.63, 3.8) is 0 Å². The van der Waals surface area contributed by atoms with E-state index in [4.69, 9.17) is 0 Å². The predicted octanol–water partition coefficient (Wildman–Crippen LogP) is 4.17. The van der Waals surface area contributed by atoms with E-state index >= 15 is 0 Å². The molecule has 0 saturated heterocycles. The van der Waals surface area contributed by atoms with Gasteiger partial charge in [-0.3, -0.25) is 0 Å². The first-order chi connectivity index (χ1) is 5.66. The minimum atomic E-state index is 1.34. The van der Waals surface area contributed by atoms with E-state index in [1.165, 1.54) is 18.9 Å². The number of allylic oxidation sites excluding steroid dienone is 2. The van der Waals surface area contributed by atoms with Crippen molar-refractivity contribution < 1.29 is 0 Å². The van der Waals surface area contributed by atoms with Crippen molar-refractivity contribution >= 4 is 40.0 Å². The van der Waals surface area contributed by atoms with Gasteiger partial charge in [0, 0.05) is 13.3 Å². The molecule has 1 rings (SSSR count). The Kier molecular flexibility index (Phi) is 3.53. The molecule has 0 bridgehead atoms. The molecular formula is C10H11IS. The number of thiophene rings is 1. The highest BCUT2D eigenvalue weighted by atomic mass is 127. The third kappa shape index (κ3) is 1.98. The smallest absolute Gasteiger partial charge is 0.0313 e. The zero-order valence-electron chi connectivity index (χ0n) is 7.23. The van der Waals surface area contributed by atoms with Crippen LogP contribution in [0.15, 0.2) is 18.7 Å². The highest BCUT2D eigenvalue weighted by molar-refractivity contribution is 14.1. The molecule has 0 aliphatic rings. The van der Waals surface area contributed by atoms with E-state index in [1.54, 1.807) is 6.08 Å². The molecule has 0 radical (unpaired) electrons. The monoisotopic (exact) mass is 290 g/mol. The molecule has 0 amide bonds. The summed E-state index contributed by atoms with van der Waals surface area (Å²) in [5.74, 6) is 0. The second-order valence-electron chi connectivity index (χ2n) is 2.56. The van der Waals surface area contributed by atoms with Gasteiger partial charge in [-0.05, 0) is 48.1 Å². The first kappa shape index (κ1) is 9.99. The Morgan fingerprint density at radius 3 is 2.50 bits per heavy atom. The van der Waals surface area contributed by atoms with Crippen LogP contribution >= 0.6 is 33.9 Å². The van der Waals surface area contributed by atoms with Crippen LogP contribution < -0.4 is 0 Å². The Labute approximate surface area is 91.1 Å². The molecule has 2 heteroatoms. The molecule has 0 aliphatic carbocycles. The Balaban J connectivity index is 3.09. The van der Waals surface area contributed by atoms with Crippen molar-refractivity contribution in [2.45, 2.75) is 13.8 Å². The Bertz CT molecular complexity index is 321. The van der Waals surface area contributed by atoms with E-state index in [-0.39, 0.29) is 0 Å². The third-order valence-electron chi connectivity index (χ3n) is 1.65. The summed E-state index contributed by atoms with van der Waals surface area (Å²) in [6.45, 7) is 7.97. The minimum Gasteiger partial charge on any atom is -0.140 e. The summed E-state index contributed by atoms with van der Waals surface area (Å²) >= 11 is 4.23. The van der Waals surface area contributed by atoms with Gasteiger partial charge < -0.3 is 0 Å². The number of hydrogen-bond donors (Lipinski definition) is 0. The maximum absolute atomic E-state index is 3.65. The van der Waals surface area contributed by atoms with Crippen LogP contribution in [0.1, 0.15) is 15.3 Å². The summed E-state index contributed by atoms with van der Waals surface area (Å²) in [6, 6.07) is 0. The van der Waals surface area contributed by atoms with E-state index in [2.05, 4.69) is 49.1 Å². The van der Waals surface area contributed by atoms with Gasteiger partial charge in [0.05, 0.1) is 0 Å². The fourth-order valence-electron chi connectivity index (χ4n) is 0.973. The van der Waals surface area contributed by atoms with Crippen LogP contribution in [0.3, 0.4) is 0 Å². The summed E-state index contributed by atoms with van der Waals surface area (Å²) in [4.78, 5) is 2.74. The maximum atomic E-state index is 3.65. The molecule has 1 aromatic heterocycles. The van der Waals surface area contributed by atoms with Crippen molar-refractivity contribution in [2.24, 2.45) is 0 Å². The molecule has 0 aliphatic heterocycles. The van der Waals surface area contributed by atoms with Crippen LogP contribution in [0, 0.1) is 17.4 Å². The van der Waals surface area contributed by atoms with Crippen molar-refractivity contribution in [1.82, 2.24) is 0 Å². The van der Waals surface area contributed by atoms with Gasteiger partial charge in [0.2, 0.25) is 0 Å². The Morgan fingerprint density at radius 1 is 1.42 bits per heavy atom. The van der Waals surface area contributed by atoms with Gasteiger partial charge >= 0.3 is 0 Å². The van der Waals surface area contributed by atoms with Crippen LogP contribution in [0.2, 0.25) is 0 Å². The number of aryl methyl sites for hydroxylation is 1. The second kappa shape index (κ2) is 4.23. The van der Waals surface area contributed by atoms with Gasteiger partial charge in [-0.15, -0.1) is 11.3 Å². The summed E-state index contributed by atoms with van der Waals surface area (Å²) in [5.41, 5.74) is 1.39. The lowest BCUT2D eigenvalue weighted by molar-refractivity contribution is 1.44. The standard InChI is InChI=1S/C10H11IS/c1-4-5-6-9-7(2)10(11)8(3)12-9/h4-6H,1H2,2-3H3. The molecule has 0 N–H and O–H groups in total. The summed E-state index contributed by atoms with van der Waals surface area (Å²) in [6.07, 6.45) is 5.90. The highest BCUT2D eigenvalue weighted by Gasteiger charge is 2.05. The van der Waals surface area contributed by atoms with Crippen molar-refractivity contribution in [1.29, 1.82) is 0 Å². The molecule has 1 aromatic rings. The molecule has 0 saturated carbocycles. The Morgan fingerprint density at radius 2 is 2.08 bits per heavy atom. The molecule has 64 valence electrons. The predicted molar refractivity (Wildman–Crippen MR) is 65.7 cm³/mol. The Hall–Kier alpha value is -0.0900. The van der Waals surface area contributed by atoms with Crippen LogP contribution in [-0.2, 0) is 0 Å². The van der Waals surface area contributed by atoms with Crippen LogP contribution in [0.4, 0.5) is 0 Å². The fraction of sp³-hybridized carbons (Fsp3) is 0.200. The SMILES string of the molecule is C=CC=Cc1sc(C)c(I)c1C. The molecule has 0 atom stereocenters. The molecule has 0 spiro atoms. The van der Waals surface area contributed by atoms with E-state index < -0.39 is 0 Å². The minimum absolute atomic E-state index is 1.34. The zero-order chi connectivity index (χ0) is 9.14. The number of rotatable bonds is 2. The van der Waals surface area contributed by atoms with Crippen molar-refractivity contribution in [2.75, 3.05) is 0 Å². The normalized spacial score (nSPS) is 10.9. The lowest BCUT2D eigenvalue weighted by atomic mass is 10.2. The average molecular weight is 290 g/mol. The summed E-state index contributed by atoms with van der Waals surface area (Å²) in [7, 11) is 0. The van der Waals surface area contributed by atoms with E-state index in [9.17, 15) is 0 Å². The fourth-order valence-corrected chi connectivity index (χ4v) is 2.75. The first-order valence-corrected chi connectivity index (χ1v) is 5.61. The molecule has 0 fully saturated rings. The average Bonchev–Trinajstić information content (AvgIpc) is 2.30. The van der Waals surface area contributed by atoms with Crippen LogP contribution in [0.5, 0.6) is 0 Å². The van der Waals surface area contributed by atoms with Crippen LogP contribution in [-0.4, -0.2) is 0 Å². The van der Waals surface area contributed by atoms with E-state index in [0.29, 0.717) is 0 Å². The molecule has 0 nitrogen and oxygen atoms in total. The molecule has 12 heavy (non-hydrogen) atoms. The number of hydrogen-bond acceptors (Lipinski definition) is 1. The van der Waals surface area contributed by atoms with Crippen LogP contribution in [0.25, 0.3) is 6.08 Å². The number of halogens is 1. The van der Waals surface area contributed by atoms with Crippen molar-refractivity contribution in [3.05, 3.63) is 37.6 Å². The van der Waals surface area contributed by atoms with Crippen molar-refractivity contribution in [3.8, 4) is 0 Å². The quantitative estimate of drug-likeness (QED) is 0.566. The molecule has 0 aromatic carbocycles. The molecular weight excluding hydrogens is 279 g/mol. The first-order valence-electron chi connectivity index (χ1n) is 3.71. The van der Waals surface area contributed by atoms with Gasteiger partial charge in [0.25, 0.3) is 0 Å². The second-order valence-corrected chi connectivity index (χ2v) is 4.89. The maximum Gasteiger partial charge on any atom is 0.0313 e. The molecule has 0 unspecified atom stereocenters. The van der Waals surface area contributed by atoms with Gasteiger partial charge in [0.1, 0.15) is 0 Å². The molecule has 1 heterocycles. The van der Waals surface area contributed by atoms with Gasteiger partial charge in [-0.2, -0.15) is 0 Å². The highest BCUT2D eigenvalue weighted by Crippen LogP contribution is 2.29. The third-order valence-corrected chi connectivity index (χ3v) is 4.81. The zero-order valence-corrected chi connectivity index (χ0v) is 10.2. The lowest BCUT2D eigenvalue weighted by Crippen LogP contribution is -1.73. The van der Waals surface area contributed by atoms with Gasteiger partial charge in [-0.1, -0.05) is 18.7 Å².